The normalized spacial score (nSPS) is 20.8. The van der Waals surface area contributed by atoms with Gasteiger partial charge in [-0.1, -0.05) is 18.2 Å². The summed E-state index contributed by atoms with van der Waals surface area (Å²) < 4.78 is 46.3. The van der Waals surface area contributed by atoms with Gasteiger partial charge in [-0.05, 0) is 38.3 Å². The Morgan fingerprint density at radius 3 is 2.41 bits per heavy atom. The van der Waals surface area contributed by atoms with Gasteiger partial charge in [0.05, 0.1) is 41.9 Å². The summed E-state index contributed by atoms with van der Waals surface area (Å²) in [5, 5.41) is 2.55. The van der Waals surface area contributed by atoms with E-state index in [9.17, 15) is 32.3 Å². The van der Waals surface area contributed by atoms with Gasteiger partial charge in [0.15, 0.2) is 0 Å². The monoisotopic (exact) mass is 522 g/mol. The predicted octanol–water partition coefficient (Wildman–Crippen LogP) is 2.69. The summed E-state index contributed by atoms with van der Waals surface area (Å²) >= 11 is 0. The van der Waals surface area contributed by atoms with E-state index in [0.717, 1.165) is 6.07 Å². The zero-order valence-corrected chi connectivity index (χ0v) is 20.6. The second-order valence-electron chi connectivity index (χ2n) is 9.14. The summed E-state index contributed by atoms with van der Waals surface area (Å²) in [6.45, 7) is 4.23. The first-order chi connectivity index (χ1) is 17.6. The summed E-state index contributed by atoms with van der Waals surface area (Å²) in [6, 6.07) is 2.92. The number of hydrogen-bond donors (Lipinski definition) is 1. The van der Waals surface area contributed by atoms with Gasteiger partial charge in [-0.2, -0.15) is 13.2 Å². The van der Waals surface area contributed by atoms with Crippen molar-refractivity contribution in [3.8, 4) is 0 Å². The SMILES string of the molecule is CCOC(=O)C1CCN(C(=O)CN2CC3=C(C2=O)C(c2ccccc2C(F)(F)F)NC(=O)N3CC)CC1. The first-order valence-electron chi connectivity index (χ1n) is 12.3. The standard InChI is InChI=1S/C25H29F3N4O5/c1-3-32-18-13-31(14-19(33)30-11-9-15(10-12-30)23(35)37-4-2)22(34)20(18)21(29-24(32)36)16-7-5-6-8-17(16)25(26,27)28/h5-8,15,21H,3-4,9-14H2,1-2H3,(H,29,36). The van der Waals surface area contributed by atoms with Crippen LogP contribution in [-0.4, -0.2) is 77.8 Å². The van der Waals surface area contributed by atoms with Gasteiger partial charge in [-0.25, -0.2) is 4.79 Å². The summed E-state index contributed by atoms with van der Waals surface area (Å²) in [7, 11) is 0. The minimum absolute atomic E-state index is 0.0342. The van der Waals surface area contributed by atoms with Gasteiger partial charge in [0.25, 0.3) is 5.91 Å². The lowest BCUT2D eigenvalue weighted by Crippen LogP contribution is -2.47. The molecule has 0 saturated carbocycles. The number of hydrogen-bond acceptors (Lipinski definition) is 5. The lowest BCUT2D eigenvalue weighted by atomic mass is 9.91. The number of alkyl halides is 3. The number of amides is 4. The summed E-state index contributed by atoms with van der Waals surface area (Å²) in [5.74, 6) is -1.49. The molecule has 0 radical (unpaired) electrons. The van der Waals surface area contributed by atoms with Gasteiger partial charge in [-0.3, -0.25) is 19.3 Å². The predicted molar refractivity (Wildman–Crippen MR) is 125 cm³/mol. The number of halogens is 3. The second-order valence-corrected chi connectivity index (χ2v) is 9.14. The fraction of sp³-hybridized carbons (Fsp3) is 0.520. The van der Waals surface area contributed by atoms with E-state index >= 15 is 0 Å². The third-order valence-electron chi connectivity index (χ3n) is 6.98. The van der Waals surface area contributed by atoms with E-state index in [0.29, 0.717) is 31.6 Å². The van der Waals surface area contributed by atoms with Crippen molar-refractivity contribution >= 4 is 23.8 Å². The van der Waals surface area contributed by atoms with Crippen molar-refractivity contribution < 1.29 is 37.1 Å². The number of benzene rings is 1. The Labute approximate surface area is 212 Å². The van der Waals surface area contributed by atoms with Gasteiger partial charge in [-0.15, -0.1) is 0 Å². The largest absolute Gasteiger partial charge is 0.466 e. The van der Waals surface area contributed by atoms with Crippen LogP contribution in [0.5, 0.6) is 0 Å². The maximum absolute atomic E-state index is 13.7. The van der Waals surface area contributed by atoms with E-state index in [1.807, 2.05) is 0 Å². The molecule has 1 unspecified atom stereocenters. The number of esters is 1. The highest BCUT2D eigenvalue weighted by Gasteiger charge is 2.46. The van der Waals surface area contributed by atoms with E-state index < -0.39 is 29.7 Å². The number of likely N-dealkylation sites (tertiary alicyclic amines) is 1. The molecule has 1 N–H and O–H groups in total. The number of carbonyl (C=O) groups is 4. The van der Waals surface area contributed by atoms with E-state index in [4.69, 9.17) is 4.74 Å². The average molecular weight is 523 g/mol. The van der Waals surface area contributed by atoms with Crippen molar-refractivity contribution in [3.63, 3.8) is 0 Å². The molecule has 1 aromatic rings. The molecule has 0 aliphatic carbocycles. The number of piperidine rings is 1. The minimum Gasteiger partial charge on any atom is -0.466 e. The third kappa shape index (κ3) is 5.14. The Kier molecular flexibility index (Phi) is 7.47. The lowest BCUT2D eigenvalue weighted by molar-refractivity contribution is -0.151. The molecule has 3 aliphatic heterocycles. The molecule has 3 heterocycles. The first kappa shape index (κ1) is 26.5. The molecule has 1 saturated heterocycles. The topological polar surface area (TPSA) is 99.3 Å². The van der Waals surface area contributed by atoms with Crippen LogP contribution < -0.4 is 5.32 Å². The number of likely N-dealkylation sites (N-methyl/N-ethyl adjacent to an activating group) is 1. The average Bonchev–Trinajstić information content (AvgIpc) is 3.18. The molecule has 1 atom stereocenters. The maximum atomic E-state index is 13.7. The van der Waals surface area contributed by atoms with Gasteiger partial charge in [0.1, 0.15) is 6.54 Å². The number of urea groups is 1. The van der Waals surface area contributed by atoms with Crippen LogP contribution >= 0.6 is 0 Å². The van der Waals surface area contributed by atoms with E-state index in [1.54, 1.807) is 18.7 Å². The smallest absolute Gasteiger partial charge is 0.416 e. The van der Waals surface area contributed by atoms with Crippen molar-refractivity contribution in [2.45, 2.75) is 38.9 Å². The molecule has 0 bridgehead atoms. The highest BCUT2D eigenvalue weighted by atomic mass is 19.4. The Morgan fingerprint density at radius 1 is 1.11 bits per heavy atom. The van der Waals surface area contributed by atoms with E-state index in [1.165, 1.54) is 28.0 Å². The zero-order valence-electron chi connectivity index (χ0n) is 20.6. The first-order valence-corrected chi connectivity index (χ1v) is 12.3. The molecule has 0 aromatic heterocycles. The molecule has 37 heavy (non-hydrogen) atoms. The van der Waals surface area contributed by atoms with Crippen LogP contribution in [-0.2, 0) is 25.3 Å². The van der Waals surface area contributed by atoms with Crippen molar-refractivity contribution in [1.82, 2.24) is 20.0 Å². The Morgan fingerprint density at radius 2 is 1.78 bits per heavy atom. The van der Waals surface area contributed by atoms with Crippen LogP contribution in [0, 0.1) is 5.92 Å². The highest BCUT2D eigenvalue weighted by molar-refractivity contribution is 6.03. The number of ether oxygens (including phenoxy) is 1. The van der Waals surface area contributed by atoms with Gasteiger partial charge in [0.2, 0.25) is 5.91 Å². The number of carbonyl (C=O) groups excluding carboxylic acids is 4. The van der Waals surface area contributed by atoms with Crippen LogP contribution in [0.15, 0.2) is 35.5 Å². The molecule has 0 spiro atoms. The maximum Gasteiger partial charge on any atom is 0.416 e. The molecule has 9 nitrogen and oxygen atoms in total. The fourth-order valence-electron chi connectivity index (χ4n) is 5.14. The fourth-order valence-corrected chi connectivity index (χ4v) is 5.14. The molecule has 4 amide bonds. The molecule has 200 valence electrons. The van der Waals surface area contributed by atoms with Crippen molar-refractivity contribution in [1.29, 1.82) is 0 Å². The second kappa shape index (κ2) is 10.4. The van der Waals surface area contributed by atoms with Crippen molar-refractivity contribution in [2.24, 2.45) is 5.92 Å². The molecule has 1 fully saturated rings. The van der Waals surface area contributed by atoms with Crippen LogP contribution in [0.3, 0.4) is 0 Å². The number of nitrogens with one attached hydrogen (secondary N) is 1. The van der Waals surface area contributed by atoms with Crippen molar-refractivity contribution in [3.05, 3.63) is 46.7 Å². The Bertz CT molecular complexity index is 1130. The van der Waals surface area contributed by atoms with E-state index in [-0.39, 0.29) is 55.2 Å². The van der Waals surface area contributed by atoms with Crippen LogP contribution in [0.4, 0.5) is 18.0 Å². The minimum atomic E-state index is -4.68. The Hall–Kier alpha value is -3.57. The van der Waals surface area contributed by atoms with Crippen LogP contribution in [0.2, 0.25) is 0 Å². The number of rotatable bonds is 6. The van der Waals surface area contributed by atoms with Gasteiger partial charge >= 0.3 is 18.2 Å². The summed E-state index contributed by atoms with van der Waals surface area (Å²) in [4.78, 5) is 55.4. The molecule has 4 rings (SSSR count). The highest BCUT2D eigenvalue weighted by Crippen LogP contribution is 2.41. The summed E-state index contributed by atoms with van der Waals surface area (Å²) in [6.07, 6.45) is -3.78. The quantitative estimate of drug-likeness (QED) is 0.580. The molecular formula is C25H29F3N4O5. The van der Waals surface area contributed by atoms with Crippen LogP contribution in [0.25, 0.3) is 0 Å². The van der Waals surface area contributed by atoms with Crippen LogP contribution in [0.1, 0.15) is 43.9 Å². The molecule has 3 aliphatic rings. The van der Waals surface area contributed by atoms with Crippen molar-refractivity contribution in [2.75, 3.05) is 39.3 Å². The Balaban J connectivity index is 1.53. The van der Waals surface area contributed by atoms with Gasteiger partial charge in [0, 0.05) is 19.6 Å². The van der Waals surface area contributed by atoms with E-state index in [2.05, 4.69) is 5.32 Å². The molecule has 1 aromatic carbocycles. The summed E-state index contributed by atoms with van der Waals surface area (Å²) in [5.41, 5.74) is -0.836. The number of nitrogens with zero attached hydrogens (tertiary/aromatic N) is 3. The molecular weight excluding hydrogens is 493 g/mol. The lowest BCUT2D eigenvalue weighted by Gasteiger charge is -2.33. The van der Waals surface area contributed by atoms with Gasteiger partial charge < -0.3 is 19.9 Å². The third-order valence-corrected chi connectivity index (χ3v) is 6.98. The molecule has 12 heteroatoms. The zero-order chi connectivity index (χ0) is 26.9.